The van der Waals surface area contributed by atoms with Gasteiger partial charge in [0.15, 0.2) is 5.78 Å². The van der Waals surface area contributed by atoms with Gasteiger partial charge in [0.25, 0.3) is 0 Å². The summed E-state index contributed by atoms with van der Waals surface area (Å²) in [5.41, 5.74) is 5.04. The highest BCUT2D eigenvalue weighted by Gasteiger charge is 2.39. The molecule has 28 heavy (non-hydrogen) atoms. The molecule has 0 fully saturated rings. The SMILES string of the molecule is Cc1ccc([C@H]2C3=C(C[C@H](c4cccc(Cl)c4)CC3=O)Nc3ncnn32)cc1. The molecule has 1 aliphatic heterocycles. The van der Waals surface area contributed by atoms with Crippen molar-refractivity contribution in [3.05, 3.63) is 87.8 Å². The Morgan fingerprint density at radius 3 is 2.71 bits per heavy atom. The second kappa shape index (κ2) is 6.60. The number of hydrogen-bond donors (Lipinski definition) is 1. The lowest BCUT2D eigenvalue weighted by atomic mass is 9.78. The van der Waals surface area contributed by atoms with E-state index in [9.17, 15) is 4.79 Å². The zero-order valence-corrected chi connectivity index (χ0v) is 16.1. The summed E-state index contributed by atoms with van der Waals surface area (Å²) in [6.45, 7) is 2.05. The molecule has 2 atom stereocenters. The van der Waals surface area contributed by atoms with Crippen LogP contribution in [0.4, 0.5) is 5.95 Å². The number of allylic oxidation sites excluding steroid dienone is 2. The number of carbonyl (C=O) groups excluding carboxylic acids is 1. The van der Waals surface area contributed by atoms with Crippen molar-refractivity contribution in [3.63, 3.8) is 0 Å². The summed E-state index contributed by atoms with van der Waals surface area (Å²) >= 11 is 6.17. The lowest BCUT2D eigenvalue weighted by Crippen LogP contribution is -2.33. The Labute approximate surface area is 168 Å². The van der Waals surface area contributed by atoms with Crippen LogP contribution in [0.3, 0.4) is 0 Å². The van der Waals surface area contributed by atoms with Gasteiger partial charge in [0.2, 0.25) is 5.95 Å². The number of hydrogen-bond acceptors (Lipinski definition) is 4. The Morgan fingerprint density at radius 2 is 1.93 bits per heavy atom. The average Bonchev–Trinajstić information content (AvgIpc) is 3.15. The van der Waals surface area contributed by atoms with Crippen molar-refractivity contribution >= 4 is 23.3 Å². The van der Waals surface area contributed by atoms with E-state index in [1.165, 1.54) is 11.9 Å². The monoisotopic (exact) mass is 390 g/mol. The van der Waals surface area contributed by atoms with Gasteiger partial charge >= 0.3 is 0 Å². The number of Topliss-reactive ketones (excluding diaryl/α,β-unsaturated/α-hetero) is 1. The van der Waals surface area contributed by atoms with E-state index in [-0.39, 0.29) is 17.7 Å². The molecule has 2 heterocycles. The van der Waals surface area contributed by atoms with Gasteiger partial charge in [0.1, 0.15) is 12.4 Å². The summed E-state index contributed by atoms with van der Waals surface area (Å²) in [5, 5.41) is 8.43. The number of rotatable bonds is 2. The lowest BCUT2D eigenvalue weighted by molar-refractivity contribution is -0.116. The molecule has 0 spiro atoms. The van der Waals surface area contributed by atoms with Gasteiger partial charge in [-0.3, -0.25) is 4.79 Å². The maximum Gasteiger partial charge on any atom is 0.226 e. The molecule has 5 nitrogen and oxygen atoms in total. The van der Waals surface area contributed by atoms with Crippen LogP contribution in [0, 0.1) is 6.92 Å². The van der Waals surface area contributed by atoms with Gasteiger partial charge in [-0.1, -0.05) is 53.6 Å². The van der Waals surface area contributed by atoms with Crippen molar-refractivity contribution in [1.82, 2.24) is 14.8 Å². The van der Waals surface area contributed by atoms with Crippen molar-refractivity contribution in [2.45, 2.75) is 31.7 Å². The first-order valence-corrected chi connectivity index (χ1v) is 9.73. The van der Waals surface area contributed by atoms with E-state index in [1.54, 1.807) is 4.68 Å². The molecule has 1 aliphatic carbocycles. The third kappa shape index (κ3) is 2.83. The van der Waals surface area contributed by atoms with Crippen molar-refractivity contribution in [3.8, 4) is 0 Å². The first kappa shape index (κ1) is 17.2. The Balaban J connectivity index is 1.59. The summed E-state index contributed by atoms with van der Waals surface area (Å²) < 4.78 is 1.81. The predicted octanol–water partition coefficient (Wildman–Crippen LogP) is 4.66. The number of carbonyl (C=O) groups is 1. The highest BCUT2D eigenvalue weighted by Crippen LogP contribution is 2.43. The van der Waals surface area contributed by atoms with E-state index in [4.69, 9.17) is 11.6 Å². The van der Waals surface area contributed by atoms with Crippen LogP contribution in [0.25, 0.3) is 0 Å². The number of nitrogens with one attached hydrogen (secondary N) is 1. The first-order valence-electron chi connectivity index (χ1n) is 9.35. The third-order valence-corrected chi connectivity index (χ3v) is 5.81. The van der Waals surface area contributed by atoms with Crippen LogP contribution in [-0.4, -0.2) is 20.5 Å². The van der Waals surface area contributed by atoms with E-state index in [0.29, 0.717) is 17.4 Å². The van der Waals surface area contributed by atoms with Crippen LogP contribution in [-0.2, 0) is 4.79 Å². The Morgan fingerprint density at radius 1 is 1.11 bits per heavy atom. The maximum absolute atomic E-state index is 13.3. The number of fused-ring (bicyclic) bond motifs is 1. The third-order valence-electron chi connectivity index (χ3n) is 5.57. The fourth-order valence-electron chi connectivity index (χ4n) is 4.21. The van der Waals surface area contributed by atoms with Gasteiger partial charge in [-0.25, -0.2) is 4.68 Å². The molecule has 0 bridgehead atoms. The van der Waals surface area contributed by atoms with Crippen LogP contribution in [0.5, 0.6) is 0 Å². The molecule has 140 valence electrons. The van der Waals surface area contributed by atoms with Crippen LogP contribution in [0.15, 0.2) is 66.1 Å². The largest absolute Gasteiger partial charge is 0.328 e. The number of halogens is 1. The van der Waals surface area contributed by atoms with Crippen molar-refractivity contribution in [2.24, 2.45) is 0 Å². The van der Waals surface area contributed by atoms with Crippen molar-refractivity contribution < 1.29 is 4.79 Å². The van der Waals surface area contributed by atoms with E-state index >= 15 is 0 Å². The van der Waals surface area contributed by atoms with Crippen LogP contribution < -0.4 is 5.32 Å². The fourth-order valence-corrected chi connectivity index (χ4v) is 4.40. The van der Waals surface area contributed by atoms with Crippen LogP contribution >= 0.6 is 11.6 Å². The van der Waals surface area contributed by atoms with Crippen molar-refractivity contribution in [1.29, 1.82) is 0 Å². The number of aryl methyl sites for hydroxylation is 1. The molecule has 0 amide bonds. The minimum absolute atomic E-state index is 0.102. The molecule has 0 saturated carbocycles. The molecule has 2 aliphatic rings. The van der Waals surface area contributed by atoms with Gasteiger partial charge < -0.3 is 5.32 Å². The van der Waals surface area contributed by atoms with E-state index in [1.807, 2.05) is 24.3 Å². The van der Waals surface area contributed by atoms with Gasteiger partial charge in [-0.2, -0.15) is 10.1 Å². The number of benzene rings is 2. The van der Waals surface area contributed by atoms with Crippen molar-refractivity contribution in [2.75, 3.05) is 5.32 Å². The molecule has 1 aromatic heterocycles. The summed E-state index contributed by atoms with van der Waals surface area (Å²) in [6.07, 6.45) is 2.74. The summed E-state index contributed by atoms with van der Waals surface area (Å²) in [6, 6.07) is 15.8. The zero-order chi connectivity index (χ0) is 19.3. The van der Waals surface area contributed by atoms with Crippen LogP contribution in [0.1, 0.15) is 41.5 Å². The van der Waals surface area contributed by atoms with E-state index < -0.39 is 0 Å². The zero-order valence-electron chi connectivity index (χ0n) is 15.4. The molecule has 2 aromatic carbocycles. The van der Waals surface area contributed by atoms with Gasteiger partial charge in [-0.05, 0) is 42.5 Å². The number of aromatic nitrogens is 3. The Bertz CT molecular complexity index is 1100. The molecule has 0 unspecified atom stereocenters. The molecular weight excluding hydrogens is 372 g/mol. The molecular formula is C22H19ClN4O. The predicted molar refractivity (Wildman–Crippen MR) is 108 cm³/mol. The average molecular weight is 391 g/mol. The molecule has 3 aromatic rings. The van der Waals surface area contributed by atoms with Gasteiger partial charge in [0, 0.05) is 22.7 Å². The quantitative estimate of drug-likeness (QED) is 0.691. The van der Waals surface area contributed by atoms with Gasteiger partial charge in [-0.15, -0.1) is 0 Å². The topological polar surface area (TPSA) is 59.8 Å². The minimum atomic E-state index is -0.248. The first-order chi connectivity index (χ1) is 13.6. The standard InChI is InChI=1S/C22H19ClN4O/c1-13-5-7-14(8-6-13)21-20-18(26-22-24-12-25-27(21)22)10-16(11-19(20)28)15-3-2-4-17(23)9-15/h2-9,12,16,21H,10-11H2,1H3,(H,24,25,26)/t16-,21-/m0/s1. The highest BCUT2D eigenvalue weighted by molar-refractivity contribution is 6.30. The van der Waals surface area contributed by atoms with Crippen LogP contribution in [0.2, 0.25) is 5.02 Å². The summed E-state index contributed by atoms with van der Waals surface area (Å²) in [7, 11) is 0. The number of ketones is 1. The van der Waals surface area contributed by atoms with Gasteiger partial charge in [0.05, 0.1) is 0 Å². The molecule has 6 heteroatoms. The van der Waals surface area contributed by atoms with E-state index in [2.05, 4.69) is 46.6 Å². The van der Waals surface area contributed by atoms with E-state index in [0.717, 1.165) is 28.8 Å². The number of anilines is 1. The smallest absolute Gasteiger partial charge is 0.226 e. The Hall–Kier alpha value is -2.92. The molecule has 5 rings (SSSR count). The second-order valence-electron chi connectivity index (χ2n) is 7.44. The fraction of sp³-hybridized carbons (Fsp3) is 0.227. The molecule has 0 radical (unpaired) electrons. The Kier molecular flexibility index (Phi) is 4.05. The maximum atomic E-state index is 13.3. The number of nitrogens with zero attached hydrogens (tertiary/aromatic N) is 3. The normalized spacial score (nSPS) is 21.1. The minimum Gasteiger partial charge on any atom is -0.328 e. The summed E-state index contributed by atoms with van der Waals surface area (Å²) in [4.78, 5) is 17.6. The molecule has 1 N–H and O–H groups in total. The second-order valence-corrected chi connectivity index (χ2v) is 7.88. The summed E-state index contributed by atoms with van der Waals surface area (Å²) in [5.74, 6) is 0.917. The molecule has 0 saturated heterocycles. The lowest BCUT2D eigenvalue weighted by Gasteiger charge is -2.35. The highest BCUT2D eigenvalue weighted by atomic mass is 35.5.